The summed E-state index contributed by atoms with van der Waals surface area (Å²) in [7, 11) is 0. The molecule has 2 heteroatoms. The molecule has 0 aromatic heterocycles. The molecule has 2 nitrogen and oxygen atoms in total. The van der Waals surface area contributed by atoms with Crippen molar-refractivity contribution in [3.8, 4) is 0 Å². The zero-order valence-electron chi connectivity index (χ0n) is 11.1. The van der Waals surface area contributed by atoms with E-state index in [-0.39, 0.29) is 0 Å². The predicted molar refractivity (Wildman–Crippen MR) is 67.0 cm³/mol. The van der Waals surface area contributed by atoms with Gasteiger partial charge in [0.25, 0.3) is 0 Å². The van der Waals surface area contributed by atoms with E-state index in [4.69, 9.17) is 0 Å². The Morgan fingerprint density at radius 3 is 2.13 bits per heavy atom. The van der Waals surface area contributed by atoms with Crippen molar-refractivity contribution >= 4 is 0 Å². The molecule has 0 saturated carbocycles. The summed E-state index contributed by atoms with van der Waals surface area (Å²) < 4.78 is 0. The average Bonchev–Trinajstić information content (AvgIpc) is 2.09. The number of aliphatic hydroxyl groups is 1. The molecule has 0 saturated heterocycles. The minimum atomic E-state index is -0.492. The molecule has 0 spiro atoms. The first kappa shape index (κ1) is 14.9. The van der Waals surface area contributed by atoms with Gasteiger partial charge in [0.2, 0.25) is 0 Å². The quantitative estimate of drug-likeness (QED) is 0.610. The normalized spacial score (nSPS) is 16.0. The van der Waals surface area contributed by atoms with Crippen molar-refractivity contribution in [3.63, 3.8) is 0 Å². The summed E-state index contributed by atoms with van der Waals surface area (Å²) >= 11 is 0. The Hall–Kier alpha value is -0.0800. The van der Waals surface area contributed by atoms with Crippen LogP contribution in [0.3, 0.4) is 0 Å². The van der Waals surface area contributed by atoms with Gasteiger partial charge in [0, 0.05) is 0 Å². The highest BCUT2D eigenvalue weighted by Crippen LogP contribution is 2.19. The van der Waals surface area contributed by atoms with Crippen LogP contribution in [-0.4, -0.2) is 23.8 Å². The summed E-state index contributed by atoms with van der Waals surface area (Å²) in [5.74, 6) is 1.37. The van der Waals surface area contributed by atoms with Gasteiger partial charge in [0.15, 0.2) is 0 Å². The maximum atomic E-state index is 10.1. The third kappa shape index (κ3) is 10.2. The fraction of sp³-hybridized carbons (Fsp3) is 1.00. The van der Waals surface area contributed by atoms with Gasteiger partial charge in [0.1, 0.15) is 0 Å². The van der Waals surface area contributed by atoms with Gasteiger partial charge in [-0.1, -0.05) is 27.7 Å². The highest BCUT2D eigenvalue weighted by Gasteiger charge is 2.19. The summed E-state index contributed by atoms with van der Waals surface area (Å²) in [5, 5.41) is 13.5. The van der Waals surface area contributed by atoms with Gasteiger partial charge >= 0.3 is 0 Å². The number of hydrogen-bond donors (Lipinski definition) is 2. The lowest BCUT2D eigenvalue weighted by Gasteiger charge is -2.24. The lowest BCUT2D eigenvalue weighted by molar-refractivity contribution is 0.0368. The largest absolute Gasteiger partial charge is 0.390 e. The Balaban J connectivity index is 3.55. The molecular formula is C13H29NO. The first-order valence-electron chi connectivity index (χ1n) is 6.26. The van der Waals surface area contributed by atoms with E-state index in [1.54, 1.807) is 0 Å². The van der Waals surface area contributed by atoms with E-state index in [0.29, 0.717) is 11.8 Å². The Kier molecular flexibility index (Phi) is 7.20. The third-order valence-corrected chi connectivity index (χ3v) is 2.65. The lowest BCUT2D eigenvalue weighted by Crippen LogP contribution is -2.31. The molecule has 15 heavy (non-hydrogen) atoms. The molecule has 92 valence electrons. The van der Waals surface area contributed by atoms with Crippen LogP contribution in [0, 0.1) is 11.8 Å². The van der Waals surface area contributed by atoms with Crippen LogP contribution < -0.4 is 5.32 Å². The van der Waals surface area contributed by atoms with Crippen molar-refractivity contribution in [2.45, 2.75) is 59.5 Å². The van der Waals surface area contributed by atoms with Gasteiger partial charge in [-0.15, -0.1) is 0 Å². The zero-order valence-corrected chi connectivity index (χ0v) is 11.1. The second-order valence-electron chi connectivity index (χ2n) is 5.78. The highest BCUT2D eigenvalue weighted by atomic mass is 16.3. The van der Waals surface area contributed by atoms with Crippen LogP contribution in [0.4, 0.5) is 0 Å². The summed E-state index contributed by atoms with van der Waals surface area (Å²) in [6.45, 7) is 12.7. The van der Waals surface area contributed by atoms with Crippen LogP contribution >= 0.6 is 0 Å². The van der Waals surface area contributed by atoms with Crippen molar-refractivity contribution in [2.24, 2.45) is 11.8 Å². The Bertz CT molecular complexity index is 153. The van der Waals surface area contributed by atoms with Crippen molar-refractivity contribution in [2.75, 3.05) is 13.1 Å². The molecule has 0 aliphatic rings. The molecular weight excluding hydrogens is 186 g/mol. The van der Waals surface area contributed by atoms with E-state index in [9.17, 15) is 5.11 Å². The summed E-state index contributed by atoms with van der Waals surface area (Å²) in [5.41, 5.74) is -0.492. The maximum absolute atomic E-state index is 10.1. The fourth-order valence-electron chi connectivity index (χ4n) is 1.47. The van der Waals surface area contributed by atoms with Crippen LogP contribution in [-0.2, 0) is 0 Å². The van der Waals surface area contributed by atoms with Gasteiger partial charge in [-0.05, 0) is 51.1 Å². The van der Waals surface area contributed by atoms with Crippen molar-refractivity contribution in [1.82, 2.24) is 5.32 Å². The minimum absolute atomic E-state index is 0.492. The third-order valence-electron chi connectivity index (χ3n) is 2.65. The number of hydrogen-bond acceptors (Lipinski definition) is 2. The molecule has 0 aromatic rings. The van der Waals surface area contributed by atoms with Crippen LogP contribution in [0.25, 0.3) is 0 Å². The average molecular weight is 215 g/mol. The first-order valence-corrected chi connectivity index (χ1v) is 6.26. The van der Waals surface area contributed by atoms with Crippen LogP contribution in [0.5, 0.6) is 0 Å². The molecule has 1 unspecified atom stereocenters. The molecule has 0 aromatic carbocycles. The van der Waals surface area contributed by atoms with Crippen LogP contribution in [0.15, 0.2) is 0 Å². The molecule has 0 aliphatic heterocycles. The number of rotatable bonds is 8. The molecule has 0 fully saturated rings. The topological polar surface area (TPSA) is 32.3 Å². The lowest BCUT2D eigenvalue weighted by atomic mass is 9.92. The second kappa shape index (κ2) is 7.24. The molecule has 0 rings (SSSR count). The Morgan fingerprint density at radius 2 is 1.67 bits per heavy atom. The van der Waals surface area contributed by atoms with Crippen molar-refractivity contribution in [3.05, 3.63) is 0 Å². The Morgan fingerprint density at radius 1 is 1.07 bits per heavy atom. The second-order valence-corrected chi connectivity index (χ2v) is 5.78. The maximum Gasteiger partial charge on any atom is 0.0632 e. The predicted octanol–water partition coefficient (Wildman–Crippen LogP) is 2.81. The Labute approximate surface area is 95.5 Å². The smallest absolute Gasteiger partial charge is 0.0632 e. The standard InChI is InChI=1S/C13H29NO/c1-11(2)6-7-13(5,15)8-9-14-10-12(3)4/h11-12,14-15H,6-10H2,1-5H3. The summed E-state index contributed by atoms with van der Waals surface area (Å²) in [6, 6.07) is 0. The first-order chi connectivity index (χ1) is 6.83. The van der Waals surface area contributed by atoms with E-state index in [0.717, 1.165) is 32.4 Å². The molecule has 0 aliphatic carbocycles. The van der Waals surface area contributed by atoms with E-state index in [2.05, 4.69) is 33.0 Å². The van der Waals surface area contributed by atoms with Crippen LogP contribution in [0.2, 0.25) is 0 Å². The summed E-state index contributed by atoms with van der Waals surface area (Å²) in [4.78, 5) is 0. The van der Waals surface area contributed by atoms with E-state index in [1.807, 2.05) is 6.92 Å². The molecule has 1 atom stereocenters. The van der Waals surface area contributed by atoms with Gasteiger partial charge in [-0.25, -0.2) is 0 Å². The molecule has 0 amide bonds. The highest BCUT2D eigenvalue weighted by molar-refractivity contribution is 4.74. The van der Waals surface area contributed by atoms with Crippen molar-refractivity contribution < 1.29 is 5.11 Å². The minimum Gasteiger partial charge on any atom is -0.390 e. The molecule has 0 heterocycles. The van der Waals surface area contributed by atoms with Crippen LogP contribution in [0.1, 0.15) is 53.9 Å². The van der Waals surface area contributed by atoms with Gasteiger partial charge in [-0.2, -0.15) is 0 Å². The zero-order chi connectivity index (χ0) is 11.9. The van der Waals surface area contributed by atoms with Crippen molar-refractivity contribution in [1.29, 1.82) is 0 Å². The van der Waals surface area contributed by atoms with Gasteiger partial charge in [0.05, 0.1) is 5.60 Å². The molecule has 0 radical (unpaired) electrons. The fourth-order valence-corrected chi connectivity index (χ4v) is 1.47. The monoisotopic (exact) mass is 215 g/mol. The number of nitrogens with one attached hydrogen (secondary N) is 1. The van der Waals surface area contributed by atoms with E-state index < -0.39 is 5.60 Å². The SMILES string of the molecule is CC(C)CCC(C)(O)CCNCC(C)C. The molecule has 0 bridgehead atoms. The molecule has 2 N–H and O–H groups in total. The van der Waals surface area contributed by atoms with E-state index >= 15 is 0 Å². The summed E-state index contributed by atoms with van der Waals surface area (Å²) in [6.07, 6.45) is 2.87. The van der Waals surface area contributed by atoms with Gasteiger partial charge in [-0.3, -0.25) is 0 Å². The van der Waals surface area contributed by atoms with E-state index in [1.165, 1.54) is 0 Å². The van der Waals surface area contributed by atoms with Gasteiger partial charge < -0.3 is 10.4 Å².